The number of nitrogens with two attached hydrogens (primary N) is 1. The number of alkyl halides is 2. The zero-order valence-corrected chi connectivity index (χ0v) is 7.59. The molecule has 5 heteroatoms. The van der Waals surface area contributed by atoms with Crippen LogP contribution in [-0.4, -0.2) is 35.9 Å². The predicted molar refractivity (Wildman–Crippen MR) is 44.4 cm³/mol. The maximum atomic E-state index is 12.7. The minimum absolute atomic E-state index is 0.118. The highest BCUT2D eigenvalue weighted by atomic mass is 19.3. The van der Waals surface area contributed by atoms with Gasteiger partial charge >= 0.3 is 0 Å². The molecule has 1 fully saturated rings. The van der Waals surface area contributed by atoms with Gasteiger partial charge in [0.15, 0.2) is 0 Å². The largest absolute Gasteiger partial charge is 0.341 e. The van der Waals surface area contributed by atoms with E-state index in [0.29, 0.717) is 0 Å². The number of carbonyl (C=O) groups excluding carboxylic acids is 1. The van der Waals surface area contributed by atoms with Crippen molar-refractivity contribution in [1.82, 2.24) is 4.90 Å². The number of likely N-dealkylation sites (tertiary alicyclic amines) is 1. The Morgan fingerprint density at radius 2 is 1.92 bits per heavy atom. The maximum absolute atomic E-state index is 12.7. The van der Waals surface area contributed by atoms with Crippen LogP contribution >= 0.6 is 0 Å². The minimum Gasteiger partial charge on any atom is -0.341 e. The summed E-state index contributed by atoms with van der Waals surface area (Å²) in [7, 11) is 0. The zero-order chi connectivity index (χ0) is 10.1. The van der Waals surface area contributed by atoms with Crippen molar-refractivity contribution in [1.29, 1.82) is 0 Å². The number of nitrogens with zero attached hydrogens (tertiary/aromatic N) is 1. The van der Waals surface area contributed by atoms with Crippen molar-refractivity contribution < 1.29 is 13.6 Å². The number of carbonyl (C=O) groups is 1. The standard InChI is InChI=1S/C8H14F2N2O/c1-6(11)7(13)12-4-2-8(9,10)3-5-12/h6H,2-5,11H2,1H3/t6-/m0/s1. The topological polar surface area (TPSA) is 46.3 Å². The van der Waals surface area contributed by atoms with Crippen LogP contribution in [0.4, 0.5) is 8.78 Å². The molecule has 0 radical (unpaired) electrons. The molecule has 0 aliphatic carbocycles. The normalized spacial score (nSPS) is 24.2. The van der Waals surface area contributed by atoms with E-state index in [9.17, 15) is 13.6 Å². The first kappa shape index (κ1) is 10.4. The van der Waals surface area contributed by atoms with Gasteiger partial charge in [0.1, 0.15) is 0 Å². The second-order valence-corrected chi connectivity index (χ2v) is 3.47. The third-order valence-electron chi connectivity index (χ3n) is 2.20. The van der Waals surface area contributed by atoms with E-state index in [1.165, 1.54) is 4.90 Å². The Bertz CT molecular complexity index is 196. The van der Waals surface area contributed by atoms with Crippen LogP contribution in [0.1, 0.15) is 19.8 Å². The summed E-state index contributed by atoms with van der Waals surface area (Å²) >= 11 is 0. The van der Waals surface area contributed by atoms with Crippen molar-refractivity contribution in [3.63, 3.8) is 0 Å². The number of hydrogen-bond acceptors (Lipinski definition) is 2. The van der Waals surface area contributed by atoms with E-state index < -0.39 is 12.0 Å². The van der Waals surface area contributed by atoms with Gasteiger partial charge in [0.2, 0.25) is 5.91 Å². The summed E-state index contributed by atoms with van der Waals surface area (Å²) in [6.45, 7) is 1.80. The van der Waals surface area contributed by atoms with Gasteiger partial charge in [0.05, 0.1) is 6.04 Å². The van der Waals surface area contributed by atoms with Crippen LogP contribution in [0.3, 0.4) is 0 Å². The fourth-order valence-electron chi connectivity index (χ4n) is 1.34. The van der Waals surface area contributed by atoms with Crippen LogP contribution in [0.2, 0.25) is 0 Å². The molecule has 13 heavy (non-hydrogen) atoms. The lowest BCUT2D eigenvalue weighted by molar-refractivity contribution is -0.138. The average Bonchev–Trinajstić information content (AvgIpc) is 2.03. The molecule has 0 spiro atoms. The second-order valence-electron chi connectivity index (χ2n) is 3.47. The highest BCUT2D eigenvalue weighted by molar-refractivity contribution is 5.81. The number of amides is 1. The molecule has 0 unspecified atom stereocenters. The Morgan fingerprint density at radius 1 is 1.46 bits per heavy atom. The molecule has 76 valence electrons. The highest BCUT2D eigenvalue weighted by Gasteiger charge is 2.35. The van der Waals surface area contributed by atoms with Crippen LogP contribution in [0, 0.1) is 0 Å². The summed E-state index contributed by atoms with van der Waals surface area (Å²) in [6.07, 6.45) is -0.489. The van der Waals surface area contributed by atoms with Gasteiger partial charge in [-0.1, -0.05) is 0 Å². The van der Waals surface area contributed by atoms with E-state index >= 15 is 0 Å². The van der Waals surface area contributed by atoms with Crippen LogP contribution in [-0.2, 0) is 4.79 Å². The molecule has 1 aliphatic rings. The number of rotatable bonds is 1. The van der Waals surface area contributed by atoms with Crippen LogP contribution < -0.4 is 5.73 Å². The minimum atomic E-state index is -2.60. The van der Waals surface area contributed by atoms with E-state index in [-0.39, 0.29) is 31.8 Å². The Kier molecular flexibility index (Phi) is 2.85. The van der Waals surface area contributed by atoms with E-state index in [1.54, 1.807) is 6.92 Å². The zero-order valence-electron chi connectivity index (χ0n) is 7.59. The molecule has 0 bridgehead atoms. The van der Waals surface area contributed by atoms with E-state index in [1.807, 2.05) is 0 Å². The second kappa shape index (κ2) is 3.57. The third kappa shape index (κ3) is 2.62. The molecule has 1 rings (SSSR count). The van der Waals surface area contributed by atoms with Gasteiger partial charge in [0.25, 0.3) is 5.92 Å². The van der Waals surface area contributed by atoms with Gasteiger partial charge in [-0.2, -0.15) is 0 Å². The Balaban J connectivity index is 2.46. The number of piperidine rings is 1. The summed E-state index contributed by atoms with van der Waals surface area (Å²) in [6, 6.07) is -0.591. The molecule has 1 saturated heterocycles. The fraction of sp³-hybridized carbons (Fsp3) is 0.875. The van der Waals surface area contributed by atoms with Gasteiger partial charge < -0.3 is 10.6 Å². The van der Waals surface area contributed by atoms with Crippen LogP contribution in [0.15, 0.2) is 0 Å². The van der Waals surface area contributed by atoms with E-state index in [0.717, 1.165) is 0 Å². The molecule has 0 saturated carbocycles. The monoisotopic (exact) mass is 192 g/mol. The first-order valence-electron chi connectivity index (χ1n) is 4.34. The van der Waals surface area contributed by atoms with Crippen molar-refractivity contribution in [3.05, 3.63) is 0 Å². The molecule has 1 aliphatic heterocycles. The maximum Gasteiger partial charge on any atom is 0.251 e. The summed E-state index contributed by atoms with van der Waals surface area (Å²) in [5, 5.41) is 0. The van der Waals surface area contributed by atoms with Crippen molar-refractivity contribution in [2.75, 3.05) is 13.1 Å². The quantitative estimate of drug-likeness (QED) is 0.661. The summed E-state index contributed by atoms with van der Waals surface area (Å²) in [5.41, 5.74) is 5.36. The molecule has 2 N–H and O–H groups in total. The molecule has 0 aromatic carbocycles. The lowest BCUT2D eigenvalue weighted by Crippen LogP contribution is -2.48. The fourth-order valence-corrected chi connectivity index (χ4v) is 1.34. The summed E-state index contributed by atoms with van der Waals surface area (Å²) in [4.78, 5) is 12.7. The van der Waals surface area contributed by atoms with Crippen molar-refractivity contribution >= 4 is 5.91 Å². The number of halogens is 2. The van der Waals surface area contributed by atoms with Crippen molar-refractivity contribution in [2.24, 2.45) is 5.73 Å². The predicted octanol–water partition coefficient (Wildman–Crippen LogP) is 0.591. The average molecular weight is 192 g/mol. The summed E-state index contributed by atoms with van der Waals surface area (Å²) < 4.78 is 25.3. The molecular weight excluding hydrogens is 178 g/mol. The van der Waals surface area contributed by atoms with Gasteiger partial charge in [-0.25, -0.2) is 8.78 Å². The van der Waals surface area contributed by atoms with Gasteiger partial charge in [-0.3, -0.25) is 4.79 Å². The van der Waals surface area contributed by atoms with Gasteiger partial charge in [-0.15, -0.1) is 0 Å². The Hall–Kier alpha value is -0.710. The first-order valence-corrected chi connectivity index (χ1v) is 4.34. The SMILES string of the molecule is C[C@H](N)C(=O)N1CCC(F)(F)CC1. The third-order valence-corrected chi connectivity index (χ3v) is 2.20. The Labute approximate surface area is 75.9 Å². The first-order chi connectivity index (χ1) is 5.92. The molecule has 1 atom stereocenters. The van der Waals surface area contributed by atoms with E-state index in [2.05, 4.69) is 0 Å². The lowest BCUT2D eigenvalue weighted by Gasteiger charge is -2.32. The lowest BCUT2D eigenvalue weighted by atomic mass is 10.1. The van der Waals surface area contributed by atoms with Gasteiger partial charge in [0, 0.05) is 25.9 Å². The summed E-state index contributed by atoms with van der Waals surface area (Å²) in [5.74, 6) is -2.84. The van der Waals surface area contributed by atoms with Crippen molar-refractivity contribution in [2.45, 2.75) is 31.7 Å². The molecule has 0 aromatic heterocycles. The van der Waals surface area contributed by atoms with Crippen LogP contribution in [0.5, 0.6) is 0 Å². The molecule has 0 aromatic rings. The highest BCUT2D eigenvalue weighted by Crippen LogP contribution is 2.27. The van der Waals surface area contributed by atoms with E-state index in [4.69, 9.17) is 5.73 Å². The molecule has 3 nitrogen and oxygen atoms in total. The van der Waals surface area contributed by atoms with Gasteiger partial charge in [-0.05, 0) is 6.92 Å². The smallest absolute Gasteiger partial charge is 0.251 e. The van der Waals surface area contributed by atoms with Crippen LogP contribution in [0.25, 0.3) is 0 Å². The number of hydrogen-bond donors (Lipinski definition) is 1. The Morgan fingerprint density at radius 3 is 2.31 bits per heavy atom. The molecule has 1 heterocycles. The van der Waals surface area contributed by atoms with Crippen molar-refractivity contribution in [3.8, 4) is 0 Å². The molecular formula is C8H14F2N2O. The molecule has 1 amide bonds.